The minimum Gasteiger partial charge on any atom is -0.444 e. The smallest absolute Gasteiger partial charge is 0.241 e. The second-order valence-electron chi connectivity index (χ2n) is 4.24. The van der Waals surface area contributed by atoms with Crippen LogP contribution in [0.1, 0.15) is 17.3 Å². The molecule has 1 heterocycles. The number of hydrazine groups is 1. The highest BCUT2D eigenvalue weighted by Gasteiger charge is 2.15. The zero-order valence-corrected chi connectivity index (χ0v) is 12.0. The number of nitrogen functional groups attached to an aromatic ring is 1. The minimum absolute atomic E-state index is 0.00784. The Morgan fingerprint density at radius 2 is 1.90 bits per heavy atom. The molecule has 0 saturated carbocycles. The predicted molar refractivity (Wildman–Crippen MR) is 74.3 cm³/mol. The van der Waals surface area contributed by atoms with Gasteiger partial charge >= 0.3 is 0 Å². The molecule has 2 rings (SSSR count). The number of oxazole rings is 1. The van der Waals surface area contributed by atoms with Crippen molar-refractivity contribution in [3.8, 4) is 0 Å². The minimum atomic E-state index is -3.61. The molecule has 0 radical (unpaired) electrons. The topological polar surface area (TPSA) is 110 Å². The van der Waals surface area contributed by atoms with Gasteiger partial charge in [-0.3, -0.25) is 5.84 Å². The van der Waals surface area contributed by atoms with E-state index < -0.39 is 10.0 Å². The van der Waals surface area contributed by atoms with Gasteiger partial charge in [0.1, 0.15) is 5.76 Å². The summed E-state index contributed by atoms with van der Waals surface area (Å²) in [4.78, 5) is 4.26. The molecule has 1 aromatic heterocycles. The molecule has 108 valence electrons. The first kappa shape index (κ1) is 14.5. The van der Waals surface area contributed by atoms with E-state index in [9.17, 15) is 8.42 Å². The van der Waals surface area contributed by atoms with Gasteiger partial charge in [0.2, 0.25) is 15.9 Å². The van der Waals surface area contributed by atoms with Crippen LogP contribution in [0.2, 0.25) is 0 Å². The third-order valence-electron chi connectivity index (χ3n) is 2.82. The molecule has 0 aliphatic carbocycles. The molecule has 0 amide bonds. The number of aromatic nitrogens is 1. The molecule has 4 N–H and O–H groups in total. The monoisotopic (exact) mass is 296 g/mol. The predicted octanol–water partition coefficient (Wildman–Crippen LogP) is 1.06. The first-order valence-electron chi connectivity index (χ1n) is 5.91. The maximum atomic E-state index is 12.1. The average molecular weight is 296 g/mol. The first-order chi connectivity index (χ1) is 9.42. The molecule has 2 aromatic rings. The molecule has 1 aromatic carbocycles. The number of nitrogens with two attached hydrogens (primary N) is 1. The van der Waals surface area contributed by atoms with Crippen LogP contribution >= 0.6 is 0 Å². The molecular formula is C12H16N4O3S. The summed E-state index contributed by atoms with van der Waals surface area (Å²) in [6.07, 6.45) is 0. The summed E-state index contributed by atoms with van der Waals surface area (Å²) in [5.74, 6) is 6.24. The quantitative estimate of drug-likeness (QED) is 0.562. The van der Waals surface area contributed by atoms with Crippen LogP contribution in [0.15, 0.2) is 33.6 Å². The third kappa shape index (κ3) is 3.16. The molecule has 0 atom stereocenters. The van der Waals surface area contributed by atoms with Gasteiger partial charge in [-0.15, -0.1) is 0 Å². The second-order valence-corrected chi connectivity index (χ2v) is 6.01. The van der Waals surface area contributed by atoms with Gasteiger partial charge in [0.25, 0.3) is 0 Å². The number of hydrogen-bond donors (Lipinski definition) is 3. The second kappa shape index (κ2) is 5.61. The van der Waals surface area contributed by atoms with Gasteiger partial charge < -0.3 is 9.84 Å². The van der Waals surface area contributed by atoms with E-state index >= 15 is 0 Å². The Labute approximate surface area is 117 Å². The van der Waals surface area contributed by atoms with E-state index in [-0.39, 0.29) is 11.4 Å². The normalized spacial score (nSPS) is 11.6. The van der Waals surface area contributed by atoms with Crippen LogP contribution in [0.4, 0.5) is 5.69 Å². The number of nitrogens with one attached hydrogen (secondary N) is 2. The van der Waals surface area contributed by atoms with Crippen LogP contribution in [-0.2, 0) is 16.6 Å². The van der Waals surface area contributed by atoms with Crippen molar-refractivity contribution < 1.29 is 12.8 Å². The Kier molecular flexibility index (Phi) is 4.07. The zero-order chi connectivity index (χ0) is 14.8. The molecule has 8 heteroatoms. The Bertz CT molecular complexity index is 672. The van der Waals surface area contributed by atoms with E-state index in [0.29, 0.717) is 17.3 Å². The van der Waals surface area contributed by atoms with Gasteiger partial charge in [-0.05, 0) is 38.1 Å². The first-order valence-corrected chi connectivity index (χ1v) is 7.40. The molecule has 0 unspecified atom stereocenters. The number of rotatable bonds is 5. The van der Waals surface area contributed by atoms with Crippen molar-refractivity contribution in [1.29, 1.82) is 0 Å². The molecule has 20 heavy (non-hydrogen) atoms. The maximum Gasteiger partial charge on any atom is 0.241 e. The van der Waals surface area contributed by atoms with E-state index in [4.69, 9.17) is 10.3 Å². The van der Waals surface area contributed by atoms with Gasteiger partial charge in [0, 0.05) is 5.69 Å². The van der Waals surface area contributed by atoms with Crippen LogP contribution in [-0.4, -0.2) is 13.4 Å². The summed E-state index contributed by atoms with van der Waals surface area (Å²) in [6.45, 7) is 3.59. The molecule has 0 spiro atoms. The van der Waals surface area contributed by atoms with E-state index in [1.165, 1.54) is 12.1 Å². The number of hydrogen-bond acceptors (Lipinski definition) is 6. The molecule has 0 aliphatic heterocycles. The van der Waals surface area contributed by atoms with Gasteiger partial charge in [0.05, 0.1) is 17.1 Å². The molecule has 7 nitrogen and oxygen atoms in total. The number of benzene rings is 1. The Morgan fingerprint density at radius 1 is 1.25 bits per heavy atom. The van der Waals surface area contributed by atoms with Crippen molar-refractivity contribution in [3.05, 3.63) is 41.6 Å². The van der Waals surface area contributed by atoms with Crippen molar-refractivity contribution in [2.45, 2.75) is 25.3 Å². The van der Waals surface area contributed by atoms with Crippen LogP contribution in [0.3, 0.4) is 0 Å². The summed E-state index contributed by atoms with van der Waals surface area (Å²) in [6, 6.07) is 6.08. The fourth-order valence-electron chi connectivity index (χ4n) is 1.59. The van der Waals surface area contributed by atoms with Crippen LogP contribution in [0, 0.1) is 13.8 Å². The van der Waals surface area contributed by atoms with E-state index in [1.807, 2.05) is 0 Å². The van der Waals surface area contributed by atoms with Gasteiger partial charge in [-0.2, -0.15) is 0 Å². The average Bonchev–Trinajstić information content (AvgIpc) is 2.76. The summed E-state index contributed by atoms with van der Waals surface area (Å²) >= 11 is 0. The van der Waals surface area contributed by atoms with Crippen LogP contribution in [0.5, 0.6) is 0 Å². The Hall–Kier alpha value is -1.90. The molecule has 0 bridgehead atoms. The van der Waals surface area contributed by atoms with Crippen LogP contribution in [0.25, 0.3) is 0 Å². The zero-order valence-electron chi connectivity index (χ0n) is 11.2. The van der Waals surface area contributed by atoms with Crippen molar-refractivity contribution in [2.75, 3.05) is 5.43 Å². The van der Waals surface area contributed by atoms with Crippen LogP contribution < -0.4 is 16.0 Å². The molecular weight excluding hydrogens is 280 g/mol. The van der Waals surface area contributed by atoms with Crippen molar-refractivity contribution in [1.82, 2.24) is 9.71 Å². The maximum absolute atomic E-state index is 12.1. The Morgan fingerprint density at radius 3 is 2.40 bits per heavy atom. The van der Waals surface area contributed by atoms with Crippen molar-refractivity contribution in [3.63, 3.8) is 0 Å². The molecule has 0 aliphatic rings. The van der Waals surface area contributed by atoms with E-state index in [1.54, 1.807) is 26.0 Å². The highest BCUT2D eigenvalue weighted by molar-refractivity contribution is 7.89. The van der Waals surface area contributed by atoms with Crippen molar-refractivity contribution >= 4 is 15.7 Å². The van der Waals surface area contributed by atoms with E-state index in [2.05, 4.69) is 15.1 Å². The number of nitrogens with zero attached hydrogens (tertiary/aromatic N) is 1. The fraction of sp³-hybridized carbons (Fsp3) is 0.250. The number of sulfonamides is 1. The van der Waals surface area contributed by atoms with Gasteiger partial charge in [-0.25, -0.2) is 18.1 Å². The summed E-state index contributed by atoms with van der Waals surface area (Å²) in [5.41, 5.74) is 3.81. The third-order valence-corrected chi connectivity index (χ3v) is 4.23. The summed E-state index contributed by atoms with van der Waals surface area (Å²) < 4.78 is 31.9. The Balaban J connectivity index is 2.10. The van der Waals surface area contributed by atoms with Gasteiger partial charge in [0.15, 0.2) is 0 Å². The number of anilines is 1. The van der Waals surface area contributed by atoms with E-state index in [0.717, 1.165) is 5.69 Å². The lowest BCUT2D eigenvalue weighted by Gasteiger charge is -2.06. The number of aryl methyl sites for hydroxylation is 2. The van der Waals surface area contributed by atoms with Gasteiger partial charge in [-0.1, -0.05) is 0 Å². The lowest BCUT2D eigenvalue weighted by Crippen LogP contribution is -2.23. The highest BCUT2D eigenvalue weighted by atomic mass is 32.2. The fourth-order valence-corrected chi connectivity index (χ4v) is 2.56. The summed E-state index contributed by atoms with van der Waals surface area (Å²) in [7, 11) is -3.61. The summed E-state index contributed by atoms with van der Waals surface area (Å²) in [5, 5.41) is 0. The molecule has 0 saturated heterocycles. The van der Waals surface area contributed by atoms with Crippen molar-refractivity contribution in [2.24, 2.45) is 5.84 Å². The molecule has 0 fully saturated rings. The lowest BCUT2D eigenvalue weighted by atomic mass is 10.3. The SMILES string of the molecule is Cc1nc(CNS(=O)(=O)c2ccc(NN)cc2)oc1C. The highest BCUT2D eigenvalue weighted by Crippen LogP contribution is 2.14. The lowest BCUT2D eigenvalue weighted by molar-refractivity contribution is 0.463. The largest absolute Gasteiger partial charge is 0.444 e. The standard InChI is InChI=1S/C12H16N4O3S/c1-8-9(2)19-12(15-8)7-14-20(17,18)11-5-3-10(16-13)4-6-11/h3-6,14,16H,7,13H2,1-2H3.